The van der Waals surface area contributed by atoms with Crippen molar-refractivity contribution in [2.45, 2.75) is 52.7 Å². The van der Waals surface area contributed by atoms with Gasteiger partial charge in [-0.2, -0.15) is 0 Å². The highest BCUT2D eigenvalue weighted by Gasteiger charge is 2.30. The van der Waals surface area contributed by atoms with Gasteiger partial charge in [0.15, 0.2) is 0 Å². The minimum atomic E-state index is -3.85. The van der Waals surface area contributed by atoms with Gasteiger partial charge in [0.1, 0.15) is 18.4 Å². The Labute approximate surface area is 205 Å². The zero-order chi connectivity index (χ0) is 25.6. The van der Waals surface area contributed by atoms with E-state index in [4.69, 9.17) is 11.6 Å². The Hall–Kier alpha value is -2.65. The van der Waals surface area contributed by atoms with Crippen LogP contribution in [-0.4, -0.2) is 50.0 Å². The van der Waals surface area contributed by atoms with Gasteiger partial charge < -0.3 is 10.2 Å². The first-order valence-electron chi connectivity index (χ1n) is 10.9. The zero-order valence-corrected chi connectivity index (χ0v) is 21.6. The van der Waals surface area contributed by atoms with Crippen molar-refractivity contribution in [1.29, 1.82) is 0 Å². The Morgan fingerprint density at radius 2 is 1.74 bits per heavy atom. The van der Waals surface area contributed by atoms with Crippen molar-refractivity contribution in [2.24, 2.45) is 0 Å². The standard InChI is InChI=1S/C24H31ClFN3O4S/c1-6-17(3)27-24(31)18(4)28(14-19-8-10-20(26)11-9-19)23(30)15-29(34(5,32)33)21-12-7-16(2)22(25)13-21/h7-13,17-18H,6,14-15H2,1-5H3,(H,27,31). The zero-order valence-electron chi connectivity index (χ0n) is 20.0. The van der Waals surface area contributed by atoms with E-state index in [1.165, 1.54) is 35.2 Å². The van der Waals surface area contributed by atoms with Gasteiger partial charge >= 0.3 is 0 Å². The highest BCUT2D eigenvalue weighted by Crippen LogP contribution is 2.25. The molecular weight excluding hydrogens is 481 g/mol. The second-order valence-electron chi connectivity index (χ2n) is 8.35. The third-order valence-corrected chi connectivity index (χ3v) is 7.10. The number of nitrogens with one attached hydrogen (secondary N) is 1. The second-order valence-corrected chi connectivity index (χ2v) is 10.7. The molecule has 0 aliphatic carbocycles. The van der Waals surface area contributed by atoms with Crippen LogP contribution in [0, 0.1) is 12.7 Å². The van der Waals surface area contributed by atoms with Crippen molar-refractivity contribution in [3.05, 3.63) is 64.4 Å². The van der Waals surface area contributed by atoms with Crippen molar-refractivity contribution in [3.63, 3.8) is 0 Å². The Morgan fingerprint density at radius 1 is 1.12 bits per heavy atom. The van der Waals surface area contributed by atoms with Crippen LogP contribution in [0.15, 0.2) is 42.5 Å². The number of hydrogen-bond acceptors (Lipinski definition) is 4. The smallest absolute Gasteiger partial charge is 0.244 e. The van der Waals surface area contributed by atoms with E-state index in [1.54, 1.807) is 26.0 Å². The van der Waals surface area contributed by atoms with E-state index < -0.39 is 34.3 Å². The maximum absolute atomic E-state index is 13.4. The molecule has 2 atom stereocenters. The molecule has 0 aromatic heterocycles. The minimum Gasteiger partial charge on any atom is -0.352 e. The van der Waals surface area contributed by atoms with E-state index in [0.29, 0.717) is 17.0 Å². The second kappa shape index (κ2) is 11.7. The summed E-state index contributed by atoms with van der Waals surface area (Å²) in [6.45, 7) is 6.61. The fourth-order valence-electron chi connectivity index (χ4n) is 3.19. The van der Waals surface area contributed by atoms with Crippen LogP contribution in [0.3, 0.4) is 0 Å². The average Bonchev–Trinajstić information content (AvgIpc) is 2.77. The molecule has 2 amide bonds. The van der Waals surface area contributed by atoms with Crippen LogP contribution in [-0.2, 0) is 26.2 Å². The average molecular weight is 512 g/mol. The maximum Gasteiger partial charge on any atom is 0.244 e. The lowest BCUT2D eigenvalue weighted by Crippen LogP contribution is -2.52. The predicted molar refractivity (Wildman–Crippen MR) is 133 cm³/mol. The number of anilines is 1. The predicted octanol–water partition coefficient (Wildman–Crippen LogP) is 3.89. The first-order chi connectivity index (χ1) is 15.8. The monoisotopic (exact) mass is 511 g/mol. The molecule has 0 aliphatic heterocycles. The van der Waals surface area contributed by atoms with Gasteiger partial charge in [0.25, 0.3) is 0 Å². The van der Waals surface area contributed by atoms with Crippen LogP contribution >= 0.6 is 11.6 Å². The summed E-state index contributed by atoms with van der Waals surface area (Å²) in [5.41, 5.74) is 1.60. The summed E-state index contributed by atoms with van der Waals surface area (Å²) >= 11 is 6.18. The van der Waals surface area contributed by atoms with Crippen LogP contribution in [0.5, 0.6) is 0 Å². The first-order valence-corrected chi connectivity index (χ1v) is 13.1. The number of nitrogens with zero attached hydrogens (tertiary/aromatic N) is 2. The maximum atomic E-state index is 13.4. The molecule has 1 N–H and O–H groups in total. The molecule has 0 saturated carbocycles. The van der Waals surface area contributed by atoms with Gasteiger partial charge in [-0.25, -0.2) is 12.8 Å². The fourth-order valence-corrected chi connectivity index (χ4v) is 4.20. The van der Waals surface area contributed by atoms with E-state index >= 15 is 0 Å². The van der Waals surface area contributed by atoms with E-state index in [9.17, 15) is 22.4 Å². The van der Waals surface area contributed by atoms with Crippen LogP contribution in [0.2, 0.25) is 5.02 Å². The number of halogens is 2. The number of carbonyl (C=O) groups is 2. The van der Waals surface area contributed by atoms with Gasteiger partial charge in [0.05, 0.1) is 11.9 Å². The quantitative estimate of drug-likeness (QED) is 0.524. The van der Waals surface area contributed by atoms with Crippen LogP contribution in [0.1, 0.15) is 38.3 Å². The van der Waals surface area contributed by atoms with Gasteiger partial charge in [-0.05, 0) is 62.6 Å². The Morgan fingerprint density at radius 3 is 2.26 bits per heavy atom. The Bertz CT molecular complexity index is 1130. The summed E-state index contributed by atoms with van der Waals surface area (Å²) in [5.74, 6) is -1.38. The summed E-state index contributed by atoms with van der Waals surface area (Å²) in [6, 6.07) is 9.28. The molecule has 2 aromatic carbocycles. The third kappa shape index (κ3) is 7.43. The normalized spacial score (nSPS) is 13.1. The lowest BCUT2D eigenvalue weighted by molar-refractivity contribution is -0.139. The number of hydrogen-bond donors (Lipinski definition) is 1. The molecule has 0 radical (unpaired) electrons. The summed E-state index contributed by atoms with van der Waals surface area (Å²) in [5, 5.41) is 3.21. The Kier molecular flexibility index (Phi) is 9.46. The molecule has 0 saturated heterocycles. The molecule has 34 heavy (non-hydrogen) atoms. The molecule has 2 aromatic rings. The van der Waals surface area contributed by atoms with Gasteiger partial charge in [0.2, 0.25) is 21.8 Å². The molecule has 0 heterocycles. The van der Waals surface area contributed by atoms with E-state index in [-0.39, 0.29) is 24.2 Å². The highest BCUT2D eigenvalue weighted by molar-refractivity contribution is 7.92. The van der Waals surface area contributed by atoms with E-state index in [0.717, 1.165) is 16.1 Å². The molecular formula is C24H31ClFN3O4S. The molecule has 2 rings (SSSR count). The largest absolute Gasteiger partial charge is 0.352 e. The number of carbonyl (C=O) groups excluding carboxylic acids is 2. The lowest BCUT2D eigenvalue weighted by Gasteiger charge is -2.32. The van der Waals surface area contributed by atoms with Crippen LogP contribution < -0.4 is 9.62 Å². The topological polar surface area (TPSA) is 86.8 Å². The van der Waals surface area contributed by atoms with Crippen molar-refractivity contribution < 1.29 is 22.4 Å². The molecule has 0 fully saturated rings. The molecule has 2 unspecified atom stereocenters. The number of rotatable bonds is 10. The molecule has 7 nitrogen and oxygen atoms in total. The van der Waals surface area contributed by atoms with Crippen LogP contribution in [0.4, 0.5) is 10.1 Å². The lowest BCUT2D eigenvalue weighted by atomic mass is 10.1. The Balaban J connectivity index is 2.39. The molecule has 186 valence electrons. The SMILES string of the molecule is CCC(C)NC(=O)C(C)N(Cc1ccc(F)cc1)C(=O)CN(c1ccc(C)c(Cl)c1)S(C)(=O)=O. The van der Waals surface area contributed by atoms with Gasteiger partial charge in [-0.15, -0.1) is 0 Å². The summed E-state index contributed by atoms with van der Waals surface area (Å²) in [6.07, 6.45) is 1.71. The number of benzene rings is 2. The van der Waals surface area contributed by atoms with Gasteiger partial charge in [-0.3, -0.25) is 13.9 Å². The van der Waals surface area contributed by atoms with Crippen molar-refractivity contribution in [3.8, 4) is 0 Å². The summed E-state index contributed by atoms with van der Waals surface area (Å²) in [7, 11) is -3.85. The summed E-state index contributed by atoms with van der Waals surface area (Å²) < 4.78 is 39.5. The molecule has 0 spiro atoms. The summed E-state index contributed by atoms with van der Waals surface area (Å²) in [4.78, 5) is 27.5. The third-order valence-electron chi connectivity index (χ3n) is 5.56. The van der Waals surface area contributed by atoms with Crippen molar-refractivity contribution >= 4 is 39.1 Å². The van der Waals surface area contributed by atoms with E-state index in [1.807, 2.05) is 13.8 Å². The van der Waals surface area contributed by atoms with Crippen molar-refractivity contribution in [2.75, 3.05) is 17.1 Å². The minimum absolute atomic E-state index is 0.000458. The number of amides is 2. The van der Waals surface area contributed by atoms with Crippen molar-refractivity contribution in [1.82, 2.24) is 10.2 Å². The fraction of sp³-hybridized carbons (Fsp3) is 0.417. The first kappa shape index (κ1) is 27.6. The van der Waals surface area contributed by atoms with Crippen LogP contribution in [0.25, 0.3) is 0 Å². The molecule has 10 heteroatoms. The van der Waals surface area contributed by atoms with Gasteiger partial charge in [-0.1, -0.05) is 36.7 Å². The van der Waals surface area contributed by atoms with E-state index in [2.05, 4.69) is 5.32 Å². The number of aryl methyl sites for hydroxylation is 1. The van der Waals surface area contributed by atoms with Gasteiger partial charge in [0, 0.05) is 17.6 Å². The molecule has 0 bridgehead atoms. The molecule has 0 aliphatic rings. The number of sulfonamides is 1. The highest BCUT2D eigenvalue weighted by atomic mass is 35.5.